The number of piperidine rings is 1. The maximum absolute atomic E-state index is 12.2. The number of ether oxygens (including phenoxy) is 1. The molecule has 1 fully saturated rings. The number of nitrogens with one attached hydrogen (secondary N) is 1. The third-order valence-electron chi connectivity index (χ3n) is 4.59. The third-order valence-corrected chi connectivity index (χ3v) is 4.59. The van der Waals surface area contributed by atoms with Gasteiger partial charge in [0.15, 0.2) is 0 Å². The molecule has 1 aromatic carbocycles. The van der Waals surface area contributed by atoms with Gasteiger partial charge in [-0.3, -0.25) is 9.69 Å². The molecular formula is C20H32N2O3. The van der Waals surface area contributed by atoms with E-state index in [9.17, 15) is 4.79 Å². The first-order valence-electron chi connectivity index (χ1n) is 9.23. The Morgan fingerprint density at radius 2 is 1.88 bits per heavy atom. The molecule has 25 heavy (non-hydrogen) atoms. The van der Waals surface area contributed by atoms with Crippen molar-refractivity contribution in [2.45, 2.75) is 51.6 Å². The predicted molar refractivity (Wildman–Crippen MR) is 101 cm³/mol. The van der Waals surface area contributed by atoms with Crippen LogP contribution in [0.1, 0.15) is 45.6 Å². The number of carbonyl (C=O) groups excluding carboxylic acids is 1. The van der Waals surface area contributed by atoms with Crippen LogP contribution in [0.15, 0.2) is 24.3 Å². The van der Waals surface area contributed by atoms with E-state index in [2.05, 4.69) is 43.1 Å². The molecule has 140 valence electrons. The van der Waals surface area contributed by atoms with Gasteiger partial charge in [-0.15, -0.1) is 0 Å². The lowest BCUT2D eigenvalue weighted by Crippen LogP contribution is -2.41. The molecule has 0 spiro atoms. The number of benzene rings is 1. The van der Waals surface area contributed by atoms with E-state index in [0.29, 0.717) is 19.6 Å². The van der Waals surface area contributed by atoms with E-state index in [-0.39, 0.29) is 24.0 Å². The summed E-state index contributed by atoms with van der Waals surface area (Å²) in [6.07, 6.45) is 2.84. The van der Waals surface area contributed by atoms with E-state index in [0.717, 1.165) is 31.6 Å². The average Bonchev–Trinajstić information content (AvgIpc) is 2.56. The molecule has 0 saturated carbocycles. The van der Waals surface area contributed by atoms with Gasteiger partial charge in [0.2, 0.25) is 5.91 Å². The van der Waals surface area contributed by atoms with Gasteiger partial charge in [0, 0.05) is 32.0 Å². The largest absolute Gasteiger partial charge is 0.396 e. The van der Waals surface area contributed by atoms with E-state index in [1.165, 1.54) is 5.56 Å². The van der Waals surface area contributed by atoms with Crippen molar-refractivity contribution in [3.05, 3.63) is 29.8 Å². The van der Waals surface area contributed by atoms with Crippen molar-refractivity contribution < 1.29 is 14.6 Å². The van der Waals surface area contributed by atoms with E-state index < -0.39 is 0 Å². The maximum atomic E-state index is 12.2. The zero-order valence-corrected chi connectivity index (χ0v) is 15.8. The summed E-state index contributed by atoms with van der Waals surface area (Å²) in [5.41, 5.74) is 2.22. The molecule has 2 N–H and O–H groups in total. The molecule has 1 heterocycles. The topological polar surface area (TPSA) is 61.8 Å². The van der Waals surface area contributed by atoms with Crippen LogP contribution in [0.5, 0.6) is 0 Å². The first-order valence-corrected chi connectivity index (χ1v) is 9.23. The molecule has 1 aliphatic rings. The number of hydrogen-bond donors (Lipinski definition) is 2. The van der Waals surface area contributed by atoms with E-state index in [1.54, 1.807) is 0 Å². The van der Waals surface area contributed by atoms with Gasteiger partial charge in [-0.05, 0) is 42.4 Å². The monoisotopic (exact) mass is 348 g/mol. The fourth-order valence-electron chi connectivity index (χ4n) is 3.01. The molecule has 1 aromatic rings. The second-order valence-corrected chi connectivity index (χ2v) is 7.80. The van der Waals surface area contributed by atoms with Gasteiger partial charge in [-0.2, -0.15) is 0 Å². The quantitative estimate of drug-likeness (QED) is 0.744. The zero-order chi connectivity index (χ0) is 18.3. The standard InChI is InChI=1S/C20H32N2O3/c1-20(2,3)16-5-7-17(8-6-16)21-19(24)15-22-11-9-18(10-12-22)25-14-4-13-23/h5-8,18,23H,4,9-15H2,1-3H3,(H,21,24). The molecule has 0 aliphatic carbocycles. The SMILES string of the molecule is CC(C)(C)c1ccc(NC(=O)CN2CCC(OCCCO)CC2)cc1. The Labute approximate surface area is 151 Å². The molecule has 1 saturated heterocycles. The van der Waals surface area contributed by atoms with Crippen molar-refractivity contribution in [3.63, 3.8) is 0 Å². The summed E-state index contributed by atoms with van der Waals surface area (Å²) in [6, 6.07) is 8.09. The van der Waals surface area contributed by atoms with Gasteiger partial charge in [-0.25, -0.2) is 0 Å². The van der Waals surface area contributed by atoms with Crippen LogP contribution >= 0.6 is 0 Å². The highest BCUT2D eigenvalue weighted by atomic mass is 16.5. The number of rotatable bonds is 7. The van der Waals surface area contributed by atoms with Crippen LogP contribution in [-0.4, -0.2) is 54.9 Å². The number of anilines is 1. The molecule has 1 amide bonds. The van der Waals surface area contributed by atoms with Gasteiger partial charge in [0.05, 0.1) is 12.6 Å². The number of amides is 1. The van der Waals surface area contributed by atoms with Crippen molar-refractivity contribution in [1.82, 2.24) is 4.90 Å². The van der Waals surface area contributed by atoms with Crippen LogP contribution in [0.2, 0.25) is 0 Å². The normalized spacial score (nSPS) is 16.8. The van der Waals surface area contributed by atoms with Crippen molar-refractivity contribution in [1.29, 1.82) is 0 Å². The molecule has 0 radical (unpaired) electrons. The molecule has 0 bridgehead atoms. The van der Waals surface area contributed by atoms with Crippen LogP contribution in [0.25, 0.3) is 0 Å². The van der Waals surface area contributed by atoms with Crippen molar-refractivity contribution in [2.24, 2.45) is 0 Å². The Morgan fingerprint density at radius 3 is 2.44 bits per heavy atom. The van der Waals surface area contributed by atoms with E-state index in [4.69, 9.17) is 9.84 Å². The lowest BCUT2D eigenvalue weighted by Gasteiger charge is -2.31. The molecule has 0 atom stereocenters. The van der Waals surface area contributed by atoms with Crippen LogP contribution in [0.4, 0.5) is 5.69 Å². The first-order chi connectivity index (χ1) is 11.9. The number of likely N-dealkylation sites (tertiary alicyclic amines) is 1. The van der Waals surface area contributed by atoms with Crippen LogP contribution in [-0.2, 0) is 14.9 Å². The van der Waals surface area contributed by atoms with Gasteiger partial charge >= 0.3 is 0 Å². The molecule has 0 unspecified atom stereocenters. The van der Waals surface area contributed by atoms with E-state index >= 15 is 0 Å². The number of carbonyl (C=O) groups is 1. The molecule has 0 aromatic heterocycles. The van der Waals surface area contributed by atoms with Crippen molar-refractivity contribution >= 4 is 11.6 Å². The summed E-state index contributed by atoms with van der Waals surface area (Å²) in [5, 5.41) is 11.8. The molecular weight excluding hydrogens is 316 g/mol. The summed E-state index contributed by atoms with van der Waals surface area (Å²) in [6.45, 7) is 9.50. The van der Waals surface area contributed by atoms with Crippen LogP contribution in [0.3, 0.4) is 0 Å². The Hall–Kier alpha value is -1.43. The minimum absolute atomic E-state index is 0.0307. The highest BCUT2D eigenvalue weighted by molar-refractivity contribution is 5.92. The minimum Gasteiger partial charge on any atom is -0.396 e. The Kier molecular flexibility index (Phi) is 7.41. The molecule has 2 rings (SSSR count). The third kappa shape index (κ3) is 6.77. The maximum Gasteiger partial charge on any atom is 0.238 e. The lowest BCUT2D eigenvalue weighted by molar-refractivity contribution is -0.118. The predicted octanol–water partition coefficient (Wildman–Crippen LogP) is 2.79. The second kappa shape index (κ2) is 9.32. The fourth-order valence-corrected chi connectivity index (χ4v) is 3.01. The minimum atomic E-state index is 0.0307. The molecule has 5 heteroatoms. The summed E-state index contributed by atoms with van der Waals surface area (Å²) in [5.74, 6) is 0.0307. The summed E-state index contributed by atoms with van der Waals surface area (Å²) in [4.78, 5) is 14.4. The second-order valence-electron chi connectivity index (χ2n) is 7.80. The summed E-state index contributed by atoms with van der Waals surface area (Å²) >= 11 is 0. The summed E-state index contributed by atoms with van der Waals surface area (Å²) in [7, 11) is 0. The van der Waals surface area contributed by atoms with Crippen LogP contribution in [0, 0.1) is 0 Å². The van der Waals surface area contributed by atoms with Crippen molar-refractivity contribution in [2.75, 3.05) is 38.2 Å². The van der Waals surface area contributed by atoms with E-state index in [1.807, 2.05) is 12.1 Å². The Morgan fingerprint density at radius 1 is 1.24 bits per heavy atom. The Balaban J connectivity index is 1.72. The van der Waals surface area contributed by atoms with Crippen LogP contribution < -0.4 is 5.32 Å². The van der Waals surface area contributed by atoms with Gasteiger partial charge in [0.1, 0.15) is 0 Å². The lowest BCUT2D eigenvalue weighted by atomic mass is 9.87. The molecule has 1 aliphatic heterocycles. The summed E-state index contributed by atoms with van der Waals surface area (Å²) < 4.78 is 5.72. The Bertz CT molecular complexity index is 529. The van der Waals surface area contributed by atoms with Crippen molar-refractivity contribution in [3.8, 4) is 0 Å². The smallest absolute Gasteiger partial charge is 0.238 e. The highest BCUT2D eigenvalue weighted by Gasteiger charge is 2.21. The zero-order valence-electron chi connectivity index (χ0n) is 15.8. The first kappa shape index (κ1) is 19.9. The van der Waals surface area contributed by atoms with Gasteiger partial charge < -0.3 is 15.2 Å². The fraction of sp³-hybridized carbons (Fsp3) is 0.650. The molecule has 5 nitrogen and oxygen atoms in total. The van der Waals surface area contributed by atoms with Gasteiger partial charge in [-0.1, -0.05) is 32.9 Å². The average molecular weight is 348 g/mol. The number of aliphatic hydroxyl groups is 1. The number of hydrogen-bond acceptors (Lipinski definition) is 4. The van der Waals surface area contributed by atoms with Gasteiger partial charge in [0.25, 0.3) is 0 Å². The number of aliphatic hydroxyl groups excluding tert-OH is 1. The highest BCUT2D eigenvalue weighted by Crippen LogP contribution is 2.23. The number of nitrogens with zero attached hydrogens (tertiary/aromatic N) is 1.